The molecule has 2 aliphatic heterocycles. The topological polar surface area (TPSA) is 45.6 Å². The lowest BCUT2D eigenvalue weighted by Gasteiger charge is -2.41. The Morgan fingerprint density at radius 1 is 1.25 bits per heavy atom. The van der Waals surface area contributed by atoms with Crippen LogP contribution in [0, 0.1) is 5.92 Å². The zero-order chi connectivity index (χ0) is 16.7. The van der Waals surface area contributed by atoms with E-state index in [1.54, 1.807) is 12.3 Å². The standard InChI is InChI=1S/C19H21ClN2O2/c1-22-9-6-13(7-10-22)19(23)15-3-2-8-21-17(15)12-24-18-11-14(20)4-5-16(18)19/h2-5,8,11,13,23H,6-7,9-10,12H2,1H3. The molecule has 2 aromatic rings. The van der Waals surface area contributed by atoms with Gasteiger partial charge in [0.1, 0.15) is 18.0 Å². The number of benzene rings is 1. The monoisotopic (exact) mass is 344 g/mol. The first-order valence-corrected chi connectivity index (χ1v) is 8.75. The summed E-state index contributed by atoms with van der Waals surface area (Å²) in [6, 6.07) is 9.39. The van der Waals surface area contributed by atoms with Gasteiger partial charge in [0.2, 0.25) is 0 Å². The second-order valence-corrected chi connectivity index (χ2v) is 7.21. The van der Waals surface area contributed by atoms with Gasteiger partial charge in [-0.3, -0.25) is 4.98 Å². The molecule has 1 unspecified atom stereocenters. The molecule has 4 nitrogen and oxygen atoms in total. The lowest BCUT2D eigenvalue weighted by atomic mass is 9.71. The average Bonchev–Trinajstić information content (AvgIpc) is 2.71. The highest BCUT2D eigenvalue weighted by Crippen LogP contribution is 2.48. The van der Waals surface area contributed by atoms with E-state index in [0.29, 0.717) is 17.4 Å². The minimum absolute atomic E-state index is 0.123. The molecule has 1 N–H and O–H groups in total. The summed E-state index contributed by atoms with van der Waals surface area (Å²) in [4.78, 5) is 6.77. The Hall–Kier alpha value is -1.62. The molecule has 1 fully saturated rings. The van der Waals surface area contributed by atoms with Gasteiger partial charge < -0.3 is 14.7 Å². The van der Waals surface area contributed by atoms with Crippen molar-refractivity contribution in [2.24, 2.45) is 5.92 Å². The molecule has 1 aromatic heterocycles. The third kappa shape index (κ3) is 2.50. The zero-order valence-electron chi connectivity index (χ0n) is 13.7. The van der Waals surface area contributed by atoms with Crippen LogP contribution in [0.2, 0.25) is 5.02 Å². The molecule has 4 rings (SSSR count). The number of piperidine rings is 1. The zero-order valence-corrected chi connectivity index (χ0v) is 14.5. The van der Waals surface area contributed by atoms with Gasteiger partial charge in [-0.05, 0) is 57.1 Å². The number of rotatable bonds is 1. The van der Waals surface area contributed by atoms with Crippen molar-refractivity contribution in [2.75, 3.05) is 20.1 Å². The maximum Gasteiger partial charge on any atom is 0.131 e. The minimum atomic E-state index is -1.10. The largest absolute Gasteiger partial charge is 0.487 e. The molecule has 5 heteroatoms. The van der Waals surface area contributed by atoms with E-state index in [9.17, 15) is 5.11 Å². The first-order chi connectivity index (χ1) is 11.6. The van der Waals surface area contributed by atoms with Gasteiger partial charge in [0.15, 0.2) is 0 Å². The number of aliphatic hydroxyl groups is 1. The van der Waals surface area contributed by atoms with Crippen LogP contribution in [0.25, 0.3) is 0 Å². The number of halogens is 1. The Kier molecular flexibility index (Phi) is 3.99. The Bertz CT molecular complexity index is 759. The van der Waals surface area contributed by atoms with Crippen LogP contribution >= 0.6 is 11.6 Å². The molecule has 3 heterocycles. The maximum absolute atomic E-state index is 12.0. The fourth-order valence-corrected chi connectivity index (χ4v) is 4.15. The van der Waals surface area contributed by atoms with E-state index in [-0.39, 0.29) is 5.92 Å². The molecule has 0 spiro atoms. The van der Waals surface area contributed by atoms with Crippen molar-refractivity contribution in [1.29, 1.82) is 0 Å². The third-order valence-electron chi connectivity index (χ3n) is 5.33. The molecule has 0 radical (unpaired) electrons. The van der Waals surface area contributed by atoms with E-state index in [1.807, 2.05) is 24.3 Å². The normalized spacial score (nSPS) is 24.6. The Morgan fingerprint density at radius 3 is 2.83 bits per heavy atom. The molecule has 1 atom stereocenters. The van der Waals surface area contributed by atoms with Crippen molar-refractivity contribution < 1.29 is 9.84 Å². The van der Waals surface area contributed by atoms with E-state index in [0.717, 1.165) is 42.8 Å². The van der Waals surface area contributed by atoms with Crippen LogP contribution in [0.15, 0.2) is 36.5 Å². The second kappa shape index (κ2) is 6.03. The number of fused-ring (bicyclic) bond motifs is 2. The number of aromatic nitrogens is 1. The fraction of sp³-hybridized carbons (Fsp3) is 0.421. The van der Waals surface area contributed by atoms with E-state index >= 15 is 0 Å². The number of hydrogen-bond acceptors (Lipinski definition) is 4. The molecule has 126 valence electrons. The average molecular weight is 345 g/mol. The van der Waals surface area contributed by atoms with E-state index < -0.39 is 5.60 Å². The highest BCUT2D eigenvalue weighted by atomic mass is 35.5. The second-order valence-electron chi connectivity index (χ2n) is 6.77. The third-order valence-corrected chi connectivity index (χ3v) is 5.56. The Morgan fingerprint density at radius 2 is 2.04 bits per heavy atom. The van der Waals surface area contributed by atoms with Gasteiger partial charge in [-0.1, -0.05) is 23.7 Å². The van der Waals surface area contributed by atoms with Crippen molar-refractivity contribution in [3.63, 3.8) is 0 Å². The minimum Gasteiger partial charge on any atom is -0.487 e. The van der Waals surface area contributed by atoms with E-state index in [2.05, 4.69) is 16.9 Å². The van der Waals surface area contributed by atoms with Crippen molar-refractivity contribution in [2.45, 2.75) is 25.0 Å². The van der Waals surface area contributed by atoms with Gasteiger partial charge in [0.05, 0.1) is 5.69 Å². The lowest BCUT2D eigenvalue weighted by Crippen LogP contribution is -2.43. The molecule has 2 aliphatic rings. The van der Waals surface area contributed by atoms with Gasteiger partial charge >= 0.3 is 0 Å². The summed E-state index contributed by atoms with van der Waals surface area (Å²) in [7, 11) is 2.12. The summed E-state index contributed by atoms with van der Waals surface area (Å²) in [5.41, 5.74) is 1.36. The molecule has 0 saturated carbocycles. The summed E-state index contributed by atoms with van der Waals surface area (Å²) in [6.45, 7) is 2.30. The highest BCUT2D eigenvalue weighted by Gasteiger charge is 2.46. The SMILES string of the molecule is CN1CCC(C2(O)c3ccc(Cl)cc3OCc3ncccc32)CC1. The van der Waals surface area contributed by atoms with Crippen molar-refractivity contribution in [3.05, 3.63) is 58.4 Å². The van der Waals surface area contributed by atoms with E-state index in [1.165, 1.54) is 0 Å². The van der Waals surface area contributed by atoms with Crippen LogP contribution in [-0.4, -0.2) is 35.1 Å². The predicted octanol–water partition coefficient (Wildman–Crippen LogP) is 3.21. The van der Waals surface area contributed by atoms with Gasteiger partial charge in [0, 0.05) is 22.3 Å². The van der Waals surface area contributed by atoms with Crippen LogP contribution in [0.5, 0.6) is 5.75 Å². The van der Waals surface area contributed by atoms with Crippen molar-refractivity contribution >= 4 is 11.6 Å². The molecular formula is C19H21ClN2O2. The Balaban J connectivity index is 1.90. The molecule has 1 aromatic carbocycles. The van der Waals surface area contributed by atoms with Crippen LogP contribution in [0.1, 0.15) is 29.7 Å². The van der Waals surface area contributed by atoms with E-state index in [4.69, 9.17) is 16.3 Å². The van der Waals surface area contributed by atoms with Gasteiger partial charge in [-0.15, -0.1) is 0 Å². The molecule has 0 bridgehead atoms. The number of ether oxygens (including phenoxy) is 1. The summed E-state index contributed by atoms with van der Waals surface area (Å²) >= 11 is 6.16. The van der Waals surface area contributed by atoms with Gasteiger partial charge in [-0.25, -0.2) is 0 Å². The van der Waals surface area contributed by atoms with Crippen molar-refractivity contribution in [1.82, 2.24) is 9.88 Å². The molecule has 0 aliphatic carbocycles. The summed E-state index contributed by atoms with van der Waals surface area (Å²) < 4.78 is 5.95. The lowest BCUT2D eigenvalue weighted by molar-refractivity contribution is -0.0115. The summed E-state index contributed by atoms with van der Waals surface area (Å²) in [6.07, 6.45) is 3.62. The molecule has 24 heavy (non-hydrogen) atoms. The van der Waals surface area contributed by atoms with Crippen LogP contribution in [0.4, 0.5) is 0 Å². The number of likely N-dealkylation sites (tertiary alicyclic amines) is 1. The molecule has 0 amide bonds. The van der Waals surface area contributed by atoms with Crippen LogP contribution in [0.3, 0.4) is 0 Å². The quantitative estimate of drug-likeness (QED) is 0.863. The molecular weight excluding hydrogens is 324 g/mol. The van der Waals surface area contributed by atoms with Crippen LogP contribution < -0.4 is 4.74 Å². The van der Waals surface area contributed by atoms with Gasteiger partial charge in [0.25, 0.3) is 0 Å². The highest BCUT2D eigenvalue weighted by molar-refractivity contribution is 6.30. The van der Waals surface area contributed by atoms with Crippen molar-refractivity contribution in [3.8, 4) is 5.75 Å². The fourth-order valence-electron chi connectivity index (χ4n) is 3.99. The first kappa shape index (κ1) is 15.9. The number of pyridine rings is 1. The number of hydrogen-bond donors (Lipinski definition) is 1. The first-order valence-electron chi connectivity index (χ1n) is 8.37. The summed E-state index contributed by atoms with van der Waals surface area (Å²) in [5, 5.41) is 12.6. The van der Waals surface area contributed by atoms with Gasteiger partial charge in [-0.2, -0.15) is 0 Å². The smallest absolute Gasteiger partial charge is 0.131 e. The summed E-state index contributed by atoms with van der Waals surface area (Å²) in [5.74, 6) is 0.778. The maximum atomic E-state index is 12.0. The predicted molar refractivity (Wildman–Crippen MR) is 93.2 cm³/mol. The number of nitrogens with zero attached hydrogens (tertiary/aromatic N) is 2. The molecule has 1 saturated heterocycles. The van der Waals surface area contributed by atoms with Crippen LogP contribution in [-0.2, 0) is 12.2 Å². The Labute approximate surface area is 147 Å².